The Kier molecular flexibility index (Phi) is 8.14. The van der Waals surface area contributed by atoms with Crippen molar-refractivity contribution in [2.45, 2.75) is 31.8 Å². The number of nitrogens with two attached hydrogens (primary N) is 1. The number of carboxylic acids is 1. The molecule has 0 aliphatic heterocycles. The van der Waals surface area contributed by atoms with E-state index < -0.39 is 24.0 Å². The molecule has 2 amide bonds. The summed E-state index contributed by atoms with van der Waals surface area (Å²) in [5.74, 6) is -1.72. The maximum absolute atomic E-state index is 11.5. The third kappa shape index (κ3) is 6.45. The molecule has 7 nitrogen and oxygen atoms in total. The fourth-order valence-corrected chi connectivity index (χ4v) is 1.43. The van der Waals surface area contributed by atoms with Crippen LogP contribution in [-0.2, 0) is 14.4 Å². The van der Waals surface area contributed by atoms with Gasteiger partial charge in [0, 0.05) is 18.7 Å². The van der Waals surface area contributed by atoms with Crippen LogP contribution in [0, 0.1) is 0 Å². The molecular formula is C10H19N3O4S. The molecule has 2 atom stereocenters. The highest BCUT2D eigenvalue weighted by Gasteiger charge is 2.19. The lowest BCUT2D eigenvalue weighted by atomic mass is 10.1. The Balaban J connectivity index is 4.12. The molecule has 0 heterocycles. The number of amides is 2. The predicted molar refractivity (Wildman–Crippen MR) is 69.3 cm³/mol. The number of thiol groups is 1. The molecule has 0 bridgehead atoms. The average molecular weight is 277 g/mol. The third-order valence-electron chi connectivity index (χ3n) is 2.18. The number of carbonyl (C=O) groups excluding carboxylic acids is 2. The van der Waals surface area contributed by atoms with Crippen molar-refractivity contribution in [2.75, 3.05) is 12.3 Å². The molecule has 0 spiro atoms. The van der Waals surface area contributed by atoms with Gasteiger partial charge in [0.05, 0.1) is 0 Å². The summed E-state index contributed by atoms with van der Waals surface area (Å²) < 4.78 is 0. The van der Waals surface area contributed by atoms with Crippen LogP contribution >= 0.6 is 12.6 Å². The van der Waals surface area contributed by atoms with Crippen molar-refractivity contribution < 1.29 is 19.5 Å². The highest BCUT2D eigenvalue weighted by Crippen LogP contribution is 1.97. The summed E-state index contributed by atoms with van der Waals surface area (Å²) in [7, 11) is 0. The van der Waals surface area contributed by atoms with Crippen LogP contribution in [-0.4, -0.2) is 47.3 Å². The Hall–Kier alpha value is -1.28. The molecule has 0 aromatic heterocycles. The first kappa shape index (κ1) is 16.7. The minimum Gasteiger partial charge on any atom is -0.480 e. The number of carbonyl (C=O) groups is 3. The SMILES string of the molecule is CCNC(=O)[C@H](CS)NC(=O)CC[C@H](N)C(=O)O. The van der Waals surface area contributed by atoms with Gasteiger partial charge in [0.25, 0.3) is 0 Å². The molecule has 0 aromatic carbocycles. The number of carboxylic acid groups (broad SMARTS) is 1. The molecule has 5 N–H and O–H groups in total. The van der Waals surface area contributed by atoms with Crippen LogP contribution in [0.1, 0.15) is 19.8 Å². The summed E-state index contributed by atoms with van der Waals surface area (Å²) >= 11 is 3.97. The minimum atomic E-state index is -1.16. The van der Waals surface area contributed by atoms with Crippen LogP contribution in [0.2, 0.25) is 0 Å². The number of likely N-dealkylation sites (N-methyl/N-ethyl adjacent to an activating group) is 1. The van der Waals surface area contributed by atoms with E-state index in [2.05, 4.69) is 23.3 Å². The zero-order valence-corrected chi connectivity index (χ0v) is 11.1. The summed E-state index contributed by atoms with van der Waals surface area (Å²) in [5.41, 5.74) is 5.26. The summed E-state index contributed by atoms with van der Waals surface area (Å²) in [6.45, 7) is 2.23. The lowest BCUT2D eigenvalue weighted by Gasteiger charge is -2.16. The smallest absolute Gasteiger partial charge is 0.320 e. The van der Waals surface area contributed by atoms with Crippen molar-refractivity contribution in [3.8, 4) is 0 Å². The van der Waals surface area contributed by atoms with Gasteiger partial charge in [0.2, 0.25) is 11.8 Å². The molecule has 0 unspecified atom stereocenters. The van der Waals surface area contributed by atoms with Gasteiger partial charge in [0.15, 0.2) is 0 Å². The second kappa shape index (κ2) is 8.76. The van der Waals surface area contributed by atoms with Crippen molar-refractivity contribution >= 4 is 30.4 Å². The van der Waals surface area contributed by atoms with Crippen LogP contribution in [0.5, 0.6) is 0 Å². The Morgan fingerprint density at radius 1 is 1.39 bits per heavy atom. The second-order valence-electron chi connectivity index (χ2n) is 3.68. The average Bonchev–Trinajstić information content (AvgIpc) is 2.32. The van der Waals surface area contributed by atoms with Gasteiger partial charge in [0.1, 0.15) is 12.1 Å². The Morgan fingerprint density at radius 2 is 2.00 bits per heavy atom. The van der Waals surface area contributed by atoms with E-state index in [0.717, 1.165) is 0 Å². The van der Waals surface area contributed by atoms with Crippen molar-refractivity contribution in [3.05, 3.63) is 0 Å². The maximum Gasteiger partial charge on any atom is 0.320 e. The van der Waals surface area contributed by atoms with Crippen molar-refractivity contribution in [3.63, 3.8) is 0 Å². The third-order valence-corrected chi connectivity index (χ3v) is 2.55. The first-order valence-electron chi connectivity index (χ1n) is 5.58. The van der Waals surface area contributed by atoms with Crippen LogP contribution in [0.3, 0.4) is 0 Å². The highest BCUT2D eigenvalue weighted by atomic mass is 32.1. The predicted octanol–water partition coefficient (Wildman–Crippen LogP) is -1.27. The van der Waals surface area contributed by atoms with Gasteiger partial charge in [-0.1, -0.05) is 0 Å². The van der Waals surface area contributed by atoms with Gasteiger partial charge in [-0.15, -0.1) is 0 Å². The van der Waals surface area contributed by atoms with Crippen molar-refractivity contribution in [1.29, 1.82) is 0 Å². The zero-order valence-electron chi connectivity index (χ0n) is 10.2. The van der Waals surface area contributed by atoms with E-state index in [0.29, 0.717) is 6.54 Å². The first-order chi connectivity index (χ1) is 8.42. The molecule has 0 rings (SSSR count). The van der Waals surface area contributed by atoms with Crippen LogP contribution < -0.4 is 16.4 Å². The number of hydrogen-bond acceptors (Lipinski definition) is 5. The van der Waals surface area contributed by atoms with E-state index in [-0.39, 0.29) is 24.5 Å². The number of nitrogens with one attached hydrogen (secondary N) is 2. The van der Waals surface area contributed by atoms with E-state index in [1.807, 2.05) is 0 Å². The normalized spacial score (nSPS) is 13.5. The Labute approximate surface area is 111 Å². The van der Waals surface area contributed by atoms with Crippen molar-refractivity contribution in [1.82, 2.24) is 10.6 Å². The van der Waals surface area contributed by atoms with Crippen LogP contribution in [0.4, 0.5) is 0 Å². The molecule has 18 heavy (non-hydrogen) atoms. The van der Waals surface area contributed by atoms with Crippen molar-refractivity contribution in [2.24, 2.45) is 5.73 Å². The van der Waals surface area contributed by atoms with E-state index >= 15 is 0 Å². The topological polar surface area (TPSA) is 122 Å². The molecule has 0 fully saturated rings. The van der Waals surface area contributed by atoms with Gasteiger partial charge < -0.3 is 21.5 Å². The fraction of sp³-hybridized carbons (Fsp3) is 0.700. The van der Waals surface area contributed by atoms with Gasteiger partial charge in [-0.2, -0.15) is 12.6 Å². The second-order valence-corrected chi connectivity index (χ2v) is 4.05. The van der Waals surface area contributed by atoms with Crippen LogP contribution in [0.25, 0.3) is 0 Å². The Bertz CT molecular complexity index is 311. The van der Waals surface area contributed by atoms with Gasteiger partial charge in [-0.25, -0.2) is 0 Å². The van der Waals surface area contributed by atoms with Gasteiger partial charge >= 0.3 is 5.97 Å². The lowest BCUT2D eigenvalue weighted by Crippen LogP contribution is -2.48. The maximum atomic E-state index is 11.5. The molecule has 0 saturated carbocycles. The summed E-state index contributed by atoms with van der Waals surface area (Å²) in [6.07, 6.45) is -0.0208. The molecular weight excluding hydrogens is 258 g/mol. The van der Waals surface area contributed by atoms with E-state index in [9.17, 15) is 14.4 Å². The zero-order chi connectivity index (χ0) is 14.1. The van der Waals surface area contributed by atoms with E-state index in [4.69, 9.17) is 10.8 Å². The lowest BCUT2D eigenvalue weighted by molar-refractivity contribution is -0.138. The fourth-order valence-electron chi connectivity index (χ4n) is 1.17. The monoisotopic (exact) mass is 277 g/mol. The molecule has 0 aliphatic rings. The molecule has 0 aromatic rings. The number of rotatable bonds is 8. The number of hydrogen-bond donors (Lipinski definition) is 5. The van der Waals surface area contributed by atoms with Gasteiger partial charge in [-0.05, 0) is 13.3 Å². The molecule has 8 heteroatoms. The highest BCUT2D eigenvalue weighted by molar-refractivity contribution is 7.80. The largest absolute Gasteiger partial charge is 0.480 e. The molecule has 104 valence electrons. The van der Waals surface area contributed by atoms with Crippen LogP contribution in [0.15, 0.2) is 0 Å². The van der Waals surface area contributed by atoms with Gasteiger partial charge in [-0.3, -0.25) is 14.4 Å². The number of aliphatic carboxylic acids is 1. The van der Waals surface area contributed by atoms with E-state index in [1.165, 1.54) is 0 Å². The quantitative estimate of drug-likeness (QED) is 0.354. The standard InChI is InChI=1S/C10H19N3O4S/c1-2-12-9(15)7(5-18)13-8(14)4-3-6(11)10(16)17/h6-7,18H,2-5,11H2,1H3,(H,12,15)(H,13,14)(H,16,17)/t6-,7-/m0/s1. The van der Waals surface area contributed by atoms with E-state index in [1.54, 1.807) is 6.92 Å². The summed E-state index contributed by atoms with van der Waals surface area (Å²) in [5, 5.41) is 13.6. The summed E-state index contributed by atoms with van der Waals surface area (Å²) in [6, 6.07) is -1.79. The minimum absolute atomic E-state index is 0.0237. The molecule has 0 radical (unpaired) electrons. The molecule has 0 aliphatic carbocycles. The molecule has 0 saturated heterocycles. The first-order valence-corrected chi connectivity index (χ1v) is 6.21. The Morgan fingerprint density at radius 3 is 2.44 bits per heavy atom. The summed E-state index contributed by atoms with van der Waals surface area (Å²) in [4.78, 5) is 33.4.